The van der Waals surface area contributed by atoms with Crippen LogP contribution in [0.25, 0.3) is 11.0 Å². The molecule has 3 rings (SSSR count). The van der Waals surface area contributed by atoms with E-state index in [1.807, 2.05) is 0 Å². The summed E-state index contributed by atoms with van der Waals surface area (Å²) in [6, 6.07) is -0.299. The van der Waals surface area contributed by atoms with E-state index < -0.39 is 5.97 Å². The van der Waals surface area contributed by atoms with Crippen molar-refractivity contribution in [2.75, 3.05) is 5.32 Å². The predicted molar refractivity (Wildman–Crippen MR) is 75.6 cm³/mol. The lowest BCUT2D eigenvalue weighted by atomic mass is 10.3. The zero-order chi connectivity index (χ0) is 15.0. The highest BCUT2D eigenvalue weighted by atomic mass is 32.1. The van der Waals surface area contributed by atoms with Crippen LogP contribution >= 0.6 is 11.3 Å². The van der Waals surface area contributed by atoms with Crippen LogP contribution in [0.2, 0.25) is 0 Å². The molecule has 0 saturated heterocycles. The van der Waals surface area contributed by atoms with Crippen LogP contribution in [0.5, 0.6) is 0 Å². The number of nitrogens with one attached hydrogen (secondary N) is 3. The lowest BCUT2D eigenvalue weighted by Gasteiger charge is -2.10. The number of carbonyl (C=O) groups is 1. The second-order valence-corrected chi connectivity index (χ2v) is 5.18. The van der Waals surface area contributed by atoms with Crippen molar-refractivity contribution in [1.29, 1.82) is 0 Å². The van der Waals surface area contributed by atoms with E-state index in [-0.39, 0.29) is 23.2 Å². The van der Waals surface area contributed by atoms with Crippen molar-refractivity contribution < 1.29 is 9.90 Å². The van der Waals surface area contributed by atoms with Gasteiger partial charge in [0.15, 0.2) is 11.3 Å². The molecular formula is C11H10N6O3S. The van der Waals surface area contributed by atoms with E-state index in [2.05, 4.69) is 30.5 Å². The van der Waals surface area contributed by atoms with Gasteiger partial charge in [0, 0.05) is 5.38 Å². The van der Waals surface area contributed by atoms with Gasteiger partial charge < -0.3 is 10.4 Å². The van der Waals surface area contributed by atoms with E-state index in [1.165, 1.54) is 22.9 Å². The van der Waals surface area contributed by atoms with Gasteiger partial charge >= 0.3 is 5.97 Å². The van der Waals surface area contributed by atoms with E-state index in [0.29, 0.717) is 16.0 Å². The fourth-order valence-corrected chi connectivity index (χ4v) is 2.57. The zero-order valence-electron chi connectivity index (χ0n) is 10.7. The molecule has 3 aromatic heterocycles. The third-order valence-electron chi connectivity index (χ3n) is 2.78. The summed E-state index contributed by atoms with van der Waals surface area (Å²) < 4.78 is 0. The molecule has 108 valence electrons. The highest BCUT2D eigenvalue weighted by Crippen LogP contribution is 2.21. The molecule has 0 aromatic carbocycles. The molecule has 1 atom stereocenters. The van der Waals surface area contributed by atoms with Gasteiger partial charge in [-0.3, -0.25) is 14.9 Å². The first-order valence-electron chi connectivity index (χ1n) is 5.93. The van der Waals surface area contributed by atoms with Crippen LogP contribution in [0.3, 0.4) is 0 Å². The van der Waals surface area contributed by atoms with Gasteiger partial charge in [0.2, 0.25) is 5.95 Å². The largest absolute Gasteiger partial charge is 0.476 e. The number of aromatic carboxylic acids is 1. The molecule has 10 heteroatoms. The van der Waals surface area contributed by atoms with Gasteiger partial charge in [0.25, 0.3) is 5.56 Å². The Kier molecular flexibility index (Phi) is 3.14. The lowest BCUT2D eigenvalue weighted by Crippen LogP contribution is -2.15. The van der Waals surface area contributed by atoms with Crippen molar-refractivity contribution in [3.05, 3.63) is 32.6 Å². The summed E-state index contributed by atoms with van der Waals surface area (Å²) >= 11 is 1.22. The number of carboxylic acids is 1. The van der Waals surface area contributed by atoms with Crippen molar-refractivity contribution in [1.82, 2.24) is 25.1 Å². The number of thiazole rings is 1. The normalized spacial score (nSPS) is 12.4. The van der Waals surface area contributed by atoms with Crippen molar-refractivity contribution in [2.45, 2.75) is 13.0 Å². The molecule has 21 heavy (non-hydrogen) atoms. The first-order chi connectivity index (χ1) is 10.0. The molecule has 3 heterocycles. The van der Waals surface area contributed by atoms with Gasteiger partial charge in [-0.25, -0.2) is 9.78 Å². The standard InChI is InChI=1S/C11H10N6O3S/c1-4(9-14-6(3-21-9)10(19)20)13-11-15-7-5(2-12-17-7)8(18)16-11/h2-4H,1H3,(H,19,20)(H3,12,13,15,16,17,18). The van der Waals surface area contributed by atoms with Crippen LogP contribution < -0.4 is 10.9 Å². The number of aromatic nitrogens is 5. The number of aromatic amines is 2. The smallest absolute Gasteiger partial charge is 0.355 e. The van der Waals surface area contributed by atoms with E-state index in [4.69, 9.17) is 5.11 Å². The number of anilines is 1. The summed E-state index contributed by atoms with van der Waals surface area (Å²) in [4.78, 5) is 33.4. The Morgan fingerprint density at radius 2 is 2.29 bits per heavy atom. The first-order valence-corrected chi connectivity index (χ1v) is 6.81. The van der Waals surface area contributed by atoms with Gasteiger partial charge in [-0.1, -0.05) is 0 Å². The zero-order valence-corrected chi connectivity index (χ0v) is 11.6. The van der Waals surface area contributed by atoms with Crippen LogP contribution in [-0.4, -0.2) is 36.2 Å². The van der Waals surface area contributed by atoms with Gasteiger partial charge in [0.05, 0.1) is 12.2 Å². The second kappa shape index (κ2) is 4.98. The molecular weight excluding hydrogens is 296 g/mol. The second-order valence-electron chi connectivity index (χ2n) is 4.29. The Morgan fingerprint density at radius 1 is 1.48 bits per heavy atom. The van der Waals surface area contributed by atoms with Crippen LogP contribution in [0.1, 0.15) is 28.5 Å². The quantitative estimate of drug-likeness (QED) is 0.563. The fourth-order valence-electron chi connectivity index (χ4n) is 1.77. The van der Waals surface area contributed by atoms with E-state index in [0.717, 1.165) is 0 Å². The Bertz CT molecular complexity index is 866. The molecule has 0 aliphatic rings. The number of hydrogen-bond donors (Lipinski definition) is 4. The predicted octanol–water partition coefficient (Wildman–Crippen LogP) is 0.974. The third-order valence-corrected chi connectivity index (χ3v) is 3.81. The van der Waals surface area contributed by atoms with Gasteiger partial charge in [-0.2, -0.15) is 10.1 Å². The van der Waals surface area contributed by atoms with Crippen LogP contribution in [0.4, 0.5) is 5.95 Å². The molecule has 0 spiro atoms. The number of rotatable bonds is 4. The average molecular weight is 306 g/mol. The molecule has 4 N–H and O–H groups in total. The van der Waals surface area contributed by atoms with Crippen molar-refractivity contribution in [3.63, 3.8) is 0 Å². The minimum atomic E-state index is -1.07. The molecule has 0 amide bonds. The Labute approximate surface area is 121 Å². The average Bonchev–Trinajstić information content (AvgIpc) is 3.07. The van der Waals surface area contributed by atoms with Crippen molar-refractivity contribution >= 4 is 34.3 Å². The molecule has 0 fully saturated rings. The van der Waals surface area contributed by atoms with E-state index in [9.17, 15) is 9.59 Å². The highest BCUT2D eigenvalue weighted by molar-refractivity contribution is 7.09. The maximum absolute atomic E-state index is 11.8. The van der Waals surface area contributed by atoms with Crippen LogP contribution in [0.15, 0.2) is 16.4 Å². The molecule has 1 unspecified atom stereocenters. The minimum absolute atomic E-state index is 0.00544. The van der Waals surface area contributed by atoms with E-state index >= 15 is 0 Å². The number of carboxylic acid groups (broad SMARTS) is 1. The number of nitrogens with zero attached hydrogens (tertiary/aromatic N) is 3. The number of hydrogen-bond acceptors (Lipinski definition) is 7. The number of H-pyrrole nitrogens is 2. The summed E-state index contributed by atoms with van der Waals surface area (Å²) in [6.07, 6.45) is 1.40. The van der Waals surface area contributed by atoms with Crippen LogP contribution in [-0.2, 0) is 0 Å². The minimum Gasteiger partial charge on any atom is -0.476 e. The van der Waals surface area contributed by atoms with Crippen molar-refractivity contribution in [3.8, 4) is 0 Å². The summed E-state index contributed by atoms with van der Waals surface area (Å²) in [5.74, 6) is -0.813. The topological polar surface area (TPSA) is 137 Å². The maximum Gasteiger partial charge on any atom is 0.355 e. The molecule has 0 radical (unpaired) electrons. The van der Waals surface area contributed by atoms with Crippen molar-refractivity contribution in [2.24, 2.45) is 0 Å². The highest BCUT2D eigenvalue weighted by Gasteiger charge is 2.15. The summed E-state index contributed by atoms with van der Waals surface area (Å²) in [5, 5.41) is 20.6. The first kappa shape index (κ1) is 13.2. The summed E-state index contributed by atoms with van der Waals surface area (Å²) in [6.45, 7) is 1.79. The Morgan fingerprint density at radius 3 is 3.00 bits per heavy atom. The molecule has 0 aliphatic heterocycles. The number of fused-ring (bicyclic) bond motifs is 1. The molecule has 0 aliphatic carbocycles. The SMILES string of the molecule is CC(Nc1nc2[nH]ncc2c(=O)[nH]1)c1nc(C(=O)O)cs1. The lowest BCUT2D eigenvalue weighted by molar-refractivity contribution is 0.0691. The third kappa shape index (κ3) is 2.48. The monoisotopic (exact) mass is 306 g/mol. The van der Waals surface area contributed by atoms with Gasteiger partial charge in [0.1, 0.15) is 10.4 Å². The molecule has 0 bridgehead atoms. The summed E-state index contributed by atoms with van der Waals surface area (Å²) in [7, 11) is 0. The Hall–Kier alpha value is -2.75. The fraction of sp³-hybridized carbons (Fsp3) is 0.182. The maximum atomic E-state index is 11.8. The van der Waals surface area contributed by atoms with Crippen LogP contribution in [0, 0.1) is 0 Å². The molecule has 3 aromatic rings. The summed E-state index contributed by atoms with van der Waals surface area (Å²) in [5.41, 5.74) is 0.0572. The van der Waals surface area contributed by atoms with E-state index in [1.54, 1.807) is 6.92 Å². The Balaban J connectivity index is 1.86. The van der Waals surface area contributed by atoms with Gasteiger partial charge in [-0.15, -0.1) is 11.3 Å². The molecule has 0 saturated carbocycles. The van der Waals surface area contributed by atoms with Gasteiger partial charge in [-0.05, 0) is 6.92 Å². The molecule has 9 nitrogen and oxygen atoms in total.